The molecule has 1 heterocycles. The number of aliphatic imine (C=N–C) groups is 1. The van der Waals surface area contributed by atoms with E-state index in [1.54, 1.807) is 0 Å². The van der Waals surface area contributed by atoms with Gasteiger partial charge in [-0.25, -0.2) is 4.98 Å². The maximum absolute atomic E-state index is 9.33. The molecule has 1 aromatic heterocycles. The number of benzene rings is 1. The molecule has 6 heteroatoms. The van der Waals surface area contributed by atoms with Crippen LogP contribution in [0, 0.1) is 11.8 Å². The highest BCUT2D eigenvalue weighted by Gasteiger charge is 2.13. The fraction of sp³-hybridized carbons (Fsp3) is 0.545. The summed E-state index contributed by atoms with van der Waals surface area (Å²) in [7, 11) is 2.02. The highest BCUT2D eigenvalue weighted by Crippen LogP contribution is 2.17. The van der Waals surface area contributed by atoms with Crippen molar-refractivity contribution >= 4 is 5.96 Å². The number of aromatic amines is 1. The highest BCUT2D eigenvalue weighted by atomic mass is 16.3. The SMILES string of the molecule is CCNC(=NCC(CCO)CC(C)C)N(C)Cc1ncc(-c2ccccc2)[nH]1. The van der Waals surface area contributed by atoms with E-state index in [9.17, 15) is 5.11 Å². The van der Waals surface area contributed by atoms with Crippen LogP contribution in [0.1, 0.15) is 39.4 Å². The Hall–Kier alpha value is -2.34. The van der Waals surface area contributed by atoms with Gasteiger partial charge in [-0.2, -0.15) is 0 Å². The number of aliphatic hydroxyl groups is 1. The zero-order valence-electron chi connectivity index (χ0n) is 17.7. The van der Waals surface area contributed by atoms with Gasteiger partial charge >= 0.3 is 0 Å². The lowest BCUT2D eigenvalue weighted by Crippen LogP contribution is -2.39. The number of aromatic nitrogens is 2. The molecule has 0 amide bonds. The largest absolute Gasteiger partial charge is 0.396 e. The molecular formula is C22H35N5O. The Labute approximate surface area is 169 Å². The fourth-order valence-electron chi connectivity index (χ4n) is 3.32. The molecule has 0 radical (unpaired) electrons. The summed E-state index contributed by atoms with van der Waals surface area (Å²) in [6.45, 7) is 8.90. The second-order valence-corrected chi connectivity index (χ2v) is 7.67. The lowest BCUT2D eigenvalue weighted by atomic mass is 9.94. The maximum Gasteiger partial charge on any atom is 0.194 e. The zero-order chi connectivity index (χ0) is 20.4. The molecular weight excluding hydrogens is 350 g/mol. The first-order chi connectivity index (χ1) is 13.5. The number of imidazole rings is 1. The predicted molar refractivity (Wildman–Crippen MR) is 116 cm³/mol. The molecule has 0 fully saturated rings. The summed E-state index contributed by atoms with van der Waals surface area (Å²) in [6.07, 6.45) is 3.75. The number of rotatable bonds is 10. The first kappa shape index (κ1) is 22.0. The van der Waals surface area contributed by atoms with Crippen LogP contribution in [0.2, 0.25) is 0 Å². The van der Waals surface area contributed by atoms with Crippen molar-refractivity contribution in [1.82, 2.24) is 20.2 Å². The summed E-state index contributed by atoms with van der Waals surface area (Å²) in [5.41, 5.74) is 2.15. The van der Waals surface area contributed by atoms with Gasteiger partial charge in [-0.1, -0.05) is 44.2 Å². The average molecular weight is 386 g/mol. The predicted octanol–water partition coefficient (Wildman–Crippen LogP) is 3.52. The molecule has 1 atom stereocenters. The molecule has 3 N–H and O–H groups in total. The molecule has 6 nitrogen and oxygen atoms in total. The molecule has 1 unspecified atom stereocenters. The van der Waals surface area contributed by atoms with Crippen molar-refractivity contribution < 1.29 is 5.11 Å². The van der Waals surface area contributed by atoms with Gasteiger partial charge in [0.1, 0.15) is 5.82 Å². The number of nitrogens with one attached hydrogen (secondary N) is 2. The summed E-state index contributed by atoms with van der Waals surface area (Å²) in [6, 6.07) is 10.2. The highest BCUT2D eigenvalue weighted by molar-refractivity contribution is 5.79. The Bertz CT molecular complexity index is 711. The van der Waals surface area contributed by atoms with Crippen LogP contribution in [0.25, 0.3) is 11.3 Å². The number of nitrogens with zero attached hydrogens (tertiary/aromatic N) is 3. The van der Waals surface area contributed by atoms with Crippen molar-refractivity contribution in [3.05, 3.63) is 42.4 Å². The second-order valence-electron chi connectivity index (χ2n) is 7.67. The van der Waals surface area contributed by atoms with E-state index in [0.29, 0.717) is 18.4 Å². The molecule has 0 aliphatic rings. The number of aliphatic hydroxyl groups excluding tert-OH is 1. The van der Waals surface area contributed by atoms with Crippen LogP contribution in [0.5, 0.6) is 0 Å². The standard InChI is InChI=1S/C22H35N5O/c1-5-23-22(25-14-18(11-12-28)13-17(2)3)27(4)16-21-24-15-20(26-21)19-9-7-6-8-10-19/h6-10,15,17-18,28H,5,11-14,16H2,1-4H3,(H,23,25)(H,24,26). The van der Waals surface area contributed by atoms with Gasteiger partial charge in [0.25, 0.3) is 0 Å². The molecule has 28 heavy (non-hydrogen) atoms. The summed E-state index contributed by atoms with van der Waals surface area (Å²) < 4.78 is 0. The van der Waals surface area contributed by atoms with Crippen LogP contribution in [0.3, 0.4) is 0 Å². The van der Waals surface area contributed by atoms with E-state index in [0.717, 1.165) is 49.0 Å². The molecule has 0 bridgehead atoms. The zero-order valence-corrected chi connectivity index (χ0v) is 17.7. The second kappa shape index (κ2) is 11.5. The Kier molecular flexibility index (Phi) is 9.01. The third kappa shape index (κ3) is 7.00. The van der Waals surface area contributed by atoms with E-state index in [1.807, 2.05) is 31.4 Å². The monoisotopic (exact) mass is 385 g/mol. The number of hydrogen-bond donors (Lipinski definition) is 3. The topological polar surface area (TPSA) is 76.5 Å². The van der Waals surface area contributed by atoms with Gasteiger partial charge in [-0.05, 0) is 37.2 Å². The van der Waals surface area contributed by atoms with Crippen LogP contribution in [-0.4, -0.2) is 52.7 Å². The molecule has 0 aliphatic heterocycles. The first-order valence-corrected chi connectivity index (χ1v) is 10.2. The van der Waals surface area contributed by atoms with Crippen molar-refractivity contribution in [3.8, 4) is 11.3 Å². The lowest BCUT2D eigenvalue weighted by molar-refractivity contribution is 0.245. The van der Waals surface area contributed by atoms with E-state index in [4.69, 9.17) is 4.99 Å². The summed E-state index contributed by atoms with van der Waals surface area (Å²) in [5, 5.41) is 12.7. The van der Waals surface area contributed by atoms with Crippen molar-refractivity contribution in [1.29, 1.82) is 0 Å². The minimum atomic E-state index is 0.216. The van der Waals surface area contributed by atoms with Crippen LogP contribution in [0.4, 0.5) is 0 Å². The van der Waals surface area contributed by atoms with Crippen molar-refractivity contribution in [2.45, 2.75) is 40.2 Å². The molecule has 154 valence electrons. The Morgan fingerprint density at radius 2 is 2.04 bits per heavy atom. The third-order valence-corrected chi connectivity index (χ3v) is 4.64. The van der Waals surface area contributed by atoms with E-state index >= 15 is 0 Å². The Morgan fingerprint density at radius 3 is 2.68 bits per heavy atom. The molecule has 2 aromatic rings. The van der Waals surface area contributed by atoms with Crippen molar-refractivity contribution in [3.63, 3.8) is 0 Å². The lowest BCUT2D eigenvalue weighted by Gasteiger charge is -2.23. The molecule has 2 rings (SSSR count). The smallest absolute Gasteiger partial charge is 0.194 e. The first-order valence-electron chi connectivity index (χ1n) is 10.2. The maximum atomic E-state index is 9.33. The van der Waals surface area contributed by atoms with Gasteiger partial charge in [-0.3, -0.25) is 4.99 Å². The van der Waals surface area contributed by atoms with E-state index < -0.39 is 0 Å². The van der Waals surface area contributed by atoms with Gasteiger partial charge in [-0.15, -0.1) is 0 Å². The van der Waals surface area contributed by atoms with Gasteiger partial charge in [0, 0.05) is 26.7 Å². The Balaban J connectivity index is 2.03. The quantitative estimate of drug-likeness (QED) is 0.432. The summed E-state index contributed by atoms with van der Waals surface area (Å²) >= 11 is 0. The van der Waals surface area contributed by atoms with Crippen LogP contribution in [0.15, 0.2) is 41.5 Å². The van der Waals surface area contributed by atoms with Crippen LogP contribution in [-0.2, 0) is 6.54 Å². The van der Waals surface area contributed by atoms with E-state index in [1.165, 1.54) is 0 Å². The van der Waals surface area contributed by atoms with Gasteiger partial charge in [0.05, 0.1) is 18.4 Å². The molecule has 0 aliphatic carbocycles. The van der Waals surface area contributed by atoms with Gasteiger partial charge in [0.15, 0.2) is 5.96 Å². The Morgan fingerprint density at radius 1 is 1.29 bits per heavy atom. The van der Waals surface area contributed by atoms with Crippen LogP contribution >= 0.6 is 0 Å². The van der Waals surface area contributed by atoms with Crippen LogP contribution < -0.4 is 5.32 Å². The number of hydrogen-bond acceptors (Lipinski definition) is 3. The molecule has 0 saturated heterocycles. The normalized spacial score (nSPS) is 13.0. The minimum Gasteiger partial charge on any atom is -0.396 e. The van der Waals surface area contributed by atoms with Crippen molar-refractivity contribution in [2.75, 3.05) is 26.7 Å². The number of guanidine groups is 1. The number of H-pyrrole nitrogens is 1. The van der Waals surface area contributed by atoms with Gasteiger partial charge < -0.3 is 20.3 Å². The fourth-order valence-corrected chi connectivity index (χ4v) is 3.32. The third-order valence-electron chi connectivity index (χ3n) is 4.64. The summed E-state index contributed by atoms with van der Waals surface area (Å²) in [4.78, 5) is 14.8. The average Bonchev–Trinajstić information content (AvgIpc) is 3.13. The van der Waals surface area contributed by atoms with Crippen molar-refractivity contribution in [2.24, 2.45) is 16.8 Å². The molecule has 1 aromatic carbocycles. The molecule has 0 spiro atoms. The molecule has 0 saturated carbocycles. The van der Waals surface area contributed by atoms with E-state index in [2.05, 4.69) is 53.1 Å². The summed E-state index contributed by atoms with van der Waals surface area (Å²) in [5.74, 6) is 2.78. The van der Waals surface area contributed by atoms with Gasteiger partial charge in [0.2, 0.25) is 0 Å². The minimum absolute atomic E-state index is 0.216. The van der Waals surface area contributed by atoms with E-state index in [-0.39, 0.29) is 6.61 Å².